The largest absolute Gasteiger partial charge is 0.340 e. The number of rotatable bonds is 4. The van der Waals surface area contributed by atoms with Gasteiger partial charge < -0.3 is 4.52 Å². The number of hydrogen-bond donors (Lipinski definition) is 0. The van der Waals surface area contributed by atoms with Crippen molar-refractivity contribution in [2.24, 2.45) is 0 Å². The highest BCUT2D eigenvalue weighted by atomic mass is 32.2. The van der Waals surface area contributed by atoms with Crippen molar-refractivity contribution >= 4 is 9.84 Å². The molecule has 1 aromatic carbocycles. The third-order valence-corrected chi connectivity index (χ3v) is 3.62. The van der Waals surface area contributed by atoms with Gasteiger partial charge in [-0.15, -0.1) is 0 Å². The lowest BCUT2D eigenvalue weighted by Crippen LogP contribution is -2.08. The van der Waals surface area contributed by atoms with Crippen LogP contribution in [0.15, 0.2) is 34.9 Å². The van der Waals surface area contributed by atoms with Crippen LogP contribution >= 0.6 is 0 Å². The fraction of sp³-hybridized carbons (Fsp3) is 0.273. The monoisotopic (exact) mass is 252 g/mol. The van der Waals surface area contributed by atoms with Crippen molar-refractivity contribution < 1.29 is 12.9 Å². The summed E-state index contributed by atoms with van der Waals surface area (Å²) in [6.07, 6.45) is 0. The fourth-order valence-corrected chi connectivity index (χ4v) is 2.79. The number of aryl methyl sites for hydroxylation is 1. The molecule has 1 heterocycles. The smallest absolute Gasteiger partial charge is 0.223 e. The highest BCUT2D eigenvalue weighted by Crippen LogP contribution is 2.10. The van der Waals surface area contributed by atoms with E-state index in [0.717, 1.165) is 5.56 Å². The summed E-state index contributed by atoms with van der Waals surface area (Å²) in [5.41, 5.74) is 0.757. The average molecular weight is 252 g/mol. The Kier molecular flexibility index (Phi) is 3.23. The molecule has 0 unspecified atom stereocenters. The molecule has 0 aliphatic rings. The Hall–Kier alpha value is -1.69. The number of sulfone groups is 1. The lowest BCUT2D eigenvalue weighted by Gasteiger charge is -2.01. The van der Waals surface area contributed by atoms with Gasteiger partial charge in [0.15, 0.2) is 15.7 Å². The molecule has 0 atom stereocenters. The molecule has 0 N–H and O–H groups in total. The van der Waals surface area contributed by atoms with E-state index in [9.17, 15) is 8.42 Å². The molecule has 6 heteroatoms. The molecule has 0 aliphatic heterocycles. The molecule has 5 nitrogen and oxygen atoms in total. The Labute approximate surface area is 99.4 Å². The molecule has 0 saturated carbocycles. The molecule has 0 spiro atoms. The van der Waals surface area contributed by atoms with E-state index in [2.05, 4.69) is 10.1 Å². The Morgan fingerprint density at radius 2 is 1.88 bits per heavy atom. The second kappa shape index (κ2) is 4.67. The molecule has 1 aromatic heterocycles. The van der Waals surface area contributed by atoms with E-state index in [4.69, 9.17) is 4.52 Å². The van der Waals surface area contributed by atoms with E-state index in [1.54, 1.807) is 19.1 Å². The quantitative estimate of drug-likeness (QED) is 0.824. The van der Waals surface area contributed by atoms with Crippen molar-refractivity contribution in [1.82, 2.24) is 10.1 Å². The maximum Gasteiger partial charge on any atom is 0.223 e. The summed E-state index contributed by atoms with van der Waals surface area (Å²) in [6.45, 7) is 1.63. The highest BCUT2D eigenvalue weighted by Gasteiger charge is 2.16. The first-order chi connectivity index (χ1) is 8.05. The molecule has 0 bridgehead atoms. The first-order valence-corrected chi connectivity index (χ1v) is 6.91. The third-order valence-electron chi connectivity index (χ3n) is 2.15. The van der Waals surface area contributed by atoms with Gasteiger partial charge in [0.05, 0.1) is 5.75 Å². The van der Waals surface area contributed by atoms with Crippen LogP contribution in [0.4, 0.5) is 0 Å². The summed E-state index contributed by atoms with van der Waals surface area (Å²) in [4.78, 5) is 3.88. The summed E-state index contributed by atoms with van der Waals surface area (Å²) in [7, 11) is -3.26. The molecule has 17 heavy (non-hydrogen) atoms. The van der Waals surface area contributed by atoms with Gasteiger partial charge in [0.1, 0.15) is 5.75 Å². The Morgan fingerprint density at radius 3 is 2.47 bits per heavy atom. The van der Waals surface area contributed by atoms with Crippen LogP contribution in [0.2, 0.25) is 0 Å². The minimum Gasteiger partial charge on any atom is -0.340 e. The molecule has 0 fully saturated rings. The van der Waals surface area contributed by atoms with Crippen molar-refractivity contribution in [3.8, 4) is 0 Å². The molecular formula is C11H12N2O3S. The number of aromatic nitrogens is 2. The zero-order chi connectivity index (χ0) is 12.3. The predicted molar refractivity (Wildman–Crippen MR) is 61.8 cm³/mol. The normalized spacial score (nSPS) is 11.6. The van der Waals surface area contributed by atoms with Crippen molar-refractivity contribution in [2.75, 3.05) is 0 Å². The second-order valence-electron chi connectivity index (χ2n) is 3.75. The lowest BCUT2D eigenvalue weighted by atomic mass is 10.2. The van der Waals surface area contributed by atoms with E-state index in [-0.39, 0.29) is 17.3 Å². The maximum atomic E-state index is 11.9. The van der Waals surface area contributed by atoms with Crippen molar-refractivity contribution in [3.05, 3.63) is 47.6 Å². The van der Waals surface area contributed by atoms with Crippen LogP contribution in [0.1, 0.15) is 17.3 Å². The van der Waals surface area contributed by atoms with Gasteiger partial charge in [0.25, 0.3) is 0 Å². The molecule has 90 valence electrons. The van der Waals surface area contributed by atoms with Crippen molar-refractivity contribution in [3.63, 3.8) is 0 Å². The second-order valence-corrected chi connectivity index (χ2v) is 5.81. The van der Waals surface area contributed by atoms with Gasteiger partial charge in [-0.05, 0) is 5.56 Å². The summed E-state index contributed by atoms with van der Waals surface area (Å²) < 4.78 is 28.4. The summed E-state index contributed by atoms with van der Waals surface area (Å²) in [5.74, 6) is 0.369. The van der Waals surface area contributed by atoms with Crippen LogP contribution in [-0.2, 0) is 21.3 Å². The van der Waals surface area contributed by atoms with E-state index < -0.39 is 9.84 Å². The van der Waals surface area contributed by atoms with Crippen molar-refractivity contribution in [1.29, 1.82) is 0 Å². The van der Waals surface area contributed by atoms with Gasteiger partial charge >= 0.3 is 0 Å². The molecule has 0 amide bonds. The summed E-state index contributed by atoms with van der Waals surface area (Å²) >= 11 is 0. The van der Waals surface area contributed by atoms with Crippen LogP contribution in [0, 0.1) is 6.92 Å². The number of nitrogens with zero attached hydrogens (tertiary/aromatic N) is 2. The summed E-state index contributed by atoms with van der Waals surface area (Å²) in [5, 5.41) is 3.58. The molecule has 2 aromatic rings. The number of hydrogen-bond acceptors (Lipinski definition) is 5. The standard InChI is InChI=1S/C11H12N2O3S/c1-9-12-11(13-16-9)8-17(14,15)7-10-5-3-2-4-6-10/h2-6H,7-8H2,1H3. The van der Waals surface area contributed by atoms with Gasteiger partial charge in [0.2, 0.25) is 5.89 Å². The van der Waals surface area contributed by atoms with Crippen LogP contribution in [-0.4, -0.2) is 18.6 Å². The van der Waals surface area contributed by atoms with Gasteiger partial charge in [-0.25, -0.2) is 8.42 Å². The Balaban J connectivity index is 2.10. The van der Waals surface area contributed by atoms with Gasteiger partial charge in [0, 0.05) is 6.92 Å². The molecule has 0 radical (unpaired) electrons. The molecule has 2 rings (SSSR count). The highest BCUT2D eigenvalue weighted by molar-refractivity contribution is 7.89. The predicted octanol–water partition coefficient (Wildman–Crippen LogP) is 1.49. The molecular weight excluding hydrogens is 240 g/mol. The molecule has 0 aliphatic carbocycles. The first-order valence-electron chi connectivity index (χ1n) is 5.09. The van der Waals surface area contributed by atoms with Crippen molar-refractivity contribution in [2.45, 2.75) is 18.4 Å². The molecule has 0 saturated heterocycles. The van der Waals surface area contributed by atoms with E-state index >= 15 is 0 Å². The van der Waals surface area contributed by atoms with Gasteiger partial charge in [-0.1, -0.05) is 35.5 Å². The van der Waals surface area contributed by atoms with Crippen LogP contribution in [0.25, 0.3) is 0 Å². The third kappa shape index (κ3) is 3.39. The Morgan fingerprint density at radius 1 is 1.18 bits per heavy atom. The first kappa shape index (κ1) is 11.8. The topological polar surface area (TPSA) is 73.1 Å². The van der Waals surface area contributed by atoms with E-state index in [1.165, 1.54) is 0 Å². The zero-order valence-electron chi connectivity index (χ0n) is 9.33. The maximum absolute atomic E-state index is 11.9. The van der Waals surface area contributed by atoms with Gasteiger partial charge in [-0.2, -0.15) is 4.98 Å². The minimum absolute atomic E-state index is 0.0125. The van der Waals surface area contributed by atoms with Crippen LogP contribution < -0.4 is 0 Å². The van der Waals surface area contributed by atoms with Gasteiger partial charge in [-0.3, -0.25) is 0 Å². The SMILES string of the molecule is Cc1nc(CS(=O)(=O)Cc2ccccc2)no1. The minimum atomic E-state index is -3.26. The summed E-state index contributed by atoms with van der Waals surface area (Å²) in [6, 6.07) is 9.02. The van der Waals surface area contributed by atoms with Crippen LogP contribution in [0.5, 0.6) is 0 Å². The average Bonchev–Trinajstić information content (AvgIpc) is 2.63. The lowest BCUT2D eigenvalue weighted by molar-refractivity contribution is 0.388. The van der Waals surface area contributed by atoms with Crippen LogP contribution in [0.3, 0.4) is 0 Å². The Bertz CT molecular complexity index is 590. The number of benzene rings is 1. The fourth-order valence-electron chi connectivity index (χ4n) is 1.48. The van der Waals surface area contributed by atoms with E-state index in [0.29, 0.717) is 5.89 Å². The van der Waals surface area contributed by atoms with E-state index in [1.807, 2.05) is 18.2 Å². The zero-order valence-corrected chi connectivity index (χ0v) is 10.1.